The standard InChI is InChI=1S/C19H29ClN6O/c1-12(2)5-4-6-13(3)23-18(27)14-7-9-26(10-8-14)17-15-16(22-11-21-15)24-19(20)25-17/h11-14H,4-10H2,1-3H3,(H,23,27)(H,21,22,24,25)/t13-/m0/s1. The Kier molecular flexibility index (Phi) is 6.52. The largest absolute Gasteiger partial charge is 0.355 e. The van der Waals surface area contributed by atoms with Crippen LogP contribution in [0.2, 0.25) is 5.28 Å². The lowest BCUT2D eigenvalue weighted by atomic mass is 9.95. The fourth-order valence-electron chi connectivity index (χ4n) is 3.64. The summed E-state index contributed by atoms with van der Waals surface area (Å²) in [6.45, 7) is 8.10. The molecule has 1 fully saturated rings. The number of anilines is 1. The minimum absolute atomic E-state index is 0.0587. The zero-order valence-corrected chi connectivity index (χ0v) is 17.1. The van der Waals surface area contributed by atoms with Crippen molar-refractivity contribution < 1.29 is 4.79 Å². The molecule has 0 radical (unpaired) electrons. The zero-order valence-electron chi connectivity index (χ0n) is 16.3. The van der Waals surface area contributed by atoms with Crippen LogP contribution in [-0.2, 0) is 4.79 Å². The number of nitrogens with one attached hydrogen (secondary N) is 2. The van der Waals surface area contributed by atoms with Gasteiger partial charge in [0.05, 0.1) is 6.33 Å². The predicted octanol–water partition coefficient (Wildman–Crippen LogP) is 3.55. The molecule has 148 valence electrons. The summed E-state index contributed by atoms with van der Waals surface area (Å²) < 4.78 is 0. The summed E-state index contributed by atoms with van der Waals surface area (Å²) in [7, 11) is 0. The lowest BCUT2D eigenvalue weighted by molar-refractivity contribution is -0.126. The Morgan fingerprint density at radius 1 is 1.30 bits per heavy atom. The minimum atomic E-state index is 0.0587. The first kappa shape index (κ1) is 19.9. The smallest absolute Gasteiger partial charge is 0.226 e. The SMILES string of the molecule is CC(C)CCC[C@H](C)NC(=O)C1CCN(c2nc(Cl)nc3nc[nH]c23)CC1. The van der Waals surface area contributed by atoms with Crippen LogP contribution in [0.25, 0.3) is 11.2 Å². The second-order valence-corrected chi connectivity index (χ2v) is 8.25. The molecule has 0 bridgehead atoms. The van der Waals surface area contributed by atoms with E-state index in [0.29, 0.717) is 11.6 Å². The maximum atomic E-state index is 12.6. The molecule has 2 N–H and O–H groups in total. The Hall–Kier alpha value is -1.89. The molecule has 2 aromatic heterocycles. The van der Waals surface area contributed by atoms with E-state index in [1.165, 1.54) is 6.42 Å². The van der Waals surface area contributed by atoms with Crippen LogP contribution in [0, 0.1) is 11.8 Å². The summed E-state index contributed by atoms with van der Waals surface area (Å²) in [4.78, 5) is 30.5. The van der Waals surface area contributed by atoms with E-state index in [4.69, 9.17) is 11.6 Å². The number of fused-ring (bicyclic) bond motifs is 1. The van der Waals surface area contributed by atoms with Crippen molar-refractivity contribution in [2.45, 2.75) is 58.9 Å². The fourth-order valence-corrected chi connectivity index (χ4v) is 3.80. The number of carbonyl (C=O) groups excluding carboxylic acids is 1. The van der Waals surface area contributed by atoms with Crippen molar-refractivity contribution in [1.82, 2.24) is 25.3 Å². The zero-order chi connectivity index (χ0) is 19.4. The minimum Gasteiger partial charge on any atom is -0.355 e. The van der Waals surface area contributed by atoms with Crippen molar-refractivity contribution in [3.05, 3.63) is 11.6 Å². The highest BCUT2D eigenvalue weighted by Gasteiger charge is 2.27. The van der Waals surface area contributed by atoms with Gasteiger partial charge in [0.1, 0.15) is 5.52 Å². The third kappa shape index (κ3) is 5.09. The normalized spacial score (nSPS) is 16.9. The maximum Gasteiger partial charge on any atom is 0.226 e. The molecule has 8 heteroatoms. The third-order valence-electron chi connectivity index (χ3n) is 5.21. The van der Waals surface area contributed by atoms with E-state index < -0.39 is 0 Å². The van der Waals surface area contributed by atoms with Gasteiger partial charge < -0.3 is 15.2 Å². The molecule has 1 aliphatic rings. The van der Waals surface area contributed by atoms with Crippen molar-refractivity contribution in [3.8, 4) is 0 Å². The van der Waals surface area contributed by atoms with Crippen molar-refractivity contribution in [2.24, 2.45) is 11.8 Å². The molecule has 2 aromatic rings. The monoisotopic (exact) mass is 392 g/mol. The van der Waals surface area contributed by atoms with Crippen LogP contribution >= 0.6 is 11.6 Å². The summed E-state index contributed by atoms with van der Waals surface area (Å²) >= 11 is 6.03. The van der Waals surface area contributed by atoms with E-state index >= 15 is 0 Å². The lowest BCUT2D eigenvalue weighted by Gasteiger charge is -2.32. The highest BCUT2D eigenvalue weighted by molar-refractivity contribution is 6.28. The number of imidazole rings is 1. The van der Waals surface area contributed by atoms with Gasteiger partial charge in [-0.25, -0.2) is 4.98 Å². The van der Waals surface area contributed by atoms with Gasteiger partial charge in [0.15, 0.2) is 11.5 Å². The molecule has 1 amide bonds. The van der Waals surface area contributed by atoms with Crippen LogP contribution in [0.3, 0.4) is 0 Å². The molecule has 1 saturated heterocycles. The molecule has 3 rings (SSSR count). The first-order valence-electron chi connectivity index (χ1n) is 9.86. The molecule has 0 aromatic carbocycles. The molecular formula is C19H29ClN6O. The first-order valence-corrected chi connectivity index (χ1v) is 10.2. The topological polar surface area (TPSA) is 86.8 Å². The van der Waals surface area contributed by atoms with Gasteiger partial charge >= 0.3 is 0 Å². The number of H-pyrrole nitrogens is 1. The van der Waals surface area contributed by atoms with E-state index in [2.05, 4.69) is 50.9 Å². The molecule has 0 aliphatic carbocycles. The van der Waals surface area contributed by atoms with Gasteiger partial charge in [0.2, 0.25) is 11.2 Å². The Labute approximate surface area is 165 Å². The first-order chi connectivity index (χ1) is 12.9. The van der Waals surface area contributed by atoms with E-state index in [-0.39, 0.29) is 23.2 Å². The highest BCUT2D eigenvalue weighted by atomic mass is 35.5. The Morgan fingerprint density at radius 2 is 2.04 bits per heavy atom. The third-order valence-corrected chi connectivity index (χ3v) is 5.38. The molecule has 3 heterocycles. The maximum absolute atomic E-state index is 12.6. The average molecular weight is 393 g/mol. The van der Waals surface area contributed by atoms with E-state index in [9.17, 15) is 4.79 Å². The number of carbonyl (C=O) groups is 1. The van der Waals surface area contributed by atoms with Crippen LogP contribution in [0.15, 0.2) is 6.33 Å². The molecule has 0 spiro atoms. The van der Waals surface area contributed by atoms with Gasteiger partial charge in [-0.3, -0.25) is 4.79 Å². The quantitative estimate of drug-likeness (QED) is 0.703. The summed E-state index contributed by atoms with van der Waals surface area (Å²) in [6, 6.07) is 0.236. The summed E-state index contributed by atoms with van der Waals surface area (Å²) in [5.41, 5.74) is 1.36. The van der Waals surface area contributed by atoms with Crippen LogP contribution in [0.5, 0.6) is 0 Å². The number of aromatic nitrogens is 4. The molecule has 27 heavy (non-hydrogen) atoms. The van der Waals surface area contributed by atoms with Crippen molar-refractivity contribution in [2.75, 3.05) is 18.0 Å². The fraction of sp³-hybridized carbons (Fsp3) is 0.684. The Balaban J connectivity index is 1.52. The van der Waals surface area contributed by atoms with E-state index in [0.717, 1.165) is 50.1 Å². The molecule has 0 saturated carbocycles. The van der Waals surface area contributed by atoms with Crippen molar-refractivity contribution in [3.63, 3.8) is 0 Å². The second-order valence-electron chi connectivity index (χ2n) is 7.91. The van der Waals surface area contributed by atoms with Crippen LogP contribution in [0.1, 0.15) is 52.9 Å². The van der Waals surface area contributed by atoms with Gasteiger partial charge in [-0.2, -0.15) is 9.97 Å². The summed E-state index contributed by atoms with van der Waals surface area (Å²) in [5.74, 6) is 1.72. The van der Waals surface area contributed by atoms with Crippen LogP contribution in [-0.4, -0.2) is 45.0 Å². The number of nitrogens with zero attached hydrogens (tertiary/aromatic N) is 4. The van der Waals surface area contributed by atoms with Crippen molar-refractivity contribution in [1.29, 1.82) is 0 Å². The molecule has 1 atom stereocenters. The highest BCUT2D eigenvalue weighted by Crippen LogP contribution is 2.27. The van der Waals surface area contributed by atoms with Gasteiger partial charge in [-0.15, -0.1) is 0 Å². The molecule has 0 unspecified atom stereocenters. The van der Waals surface area contributed by atoms with Gasteiger partial charge in [-0.1, -0.05) is 26.7 Å². The van der Waals surface area contributed by atoms with Gasteiger partial charge in [-0.05, 0) is 43.7 Å². The Bertz CT molecular complexity index is 769. The number of halogens is 1. The average Bonchev–Trinajstić information content (AvgIpc) is 3.09. The lowest BCUT2D eigenvalue weighted by Crippen LogP contribution is -2.43. The molecule has 1 aliphatic heterocycles. The number of hydrogen-bond donors (Lipinski definition) is 2. The summed E-state index contributed by atoms with van der Waals surface area (Å²) in [5, 5.41) is 3.39. The molecular weight excluding hydrogens is 364 g/mol. The number of aromatic amines is 1. The number of amides is 1. The van der Waals surface area contributed by atoms with Crippen molar-refractivity contribution >= 4 is 34.5 Å². The van der Waals surface area contributed by atoms with E-state index in [1.54, 1.807) is 6.33 Å². The second kappa shape index (κ2) is 8.87. The van der Waals surface area contributed by atoms with Crippen LogP contribution in [0.4, 0.5) is 5.82 Å². The summed E-state index contributed by atoms with van der Waals surface area (Å²) in [6.07, 6.45) is 6.62. The van der Waals surface area contributed by atoms with Gasteiger partial charge in [0.25, 0.3) is 0 Å². The van der Waals surface area contributed by atoms with Crippen LogP contribution < -0.4 is 10.2 Å². The Morgan fingerprint density at radius 3 is 2.74 bits per heavy atom. The number of rotatable bonds is 7. The molecule has 7 nitrogen and oxygen atoms in total. The van der Waals surface area contributed by atoms with E-state index in [1.807, 2.05) is 0 Å². The number of hydrogen-bond acceptors (Lipinski definition) is 5. The predicted molar refractivity (Wildman–Crippen MR) is 108 cm³/mol. The van der Waals surface area contributed by atoms with Gasteiger partial charge in [0, 0.05) is 25.0 Å². The number of piperidine rings is 1.